The summed E-state index contributed by atoms with van der Waals surface area (Å²) in [4.78, 5) is 0.0174. The first-order chi connectivity index (χ1) is 16.2. The smallest absolute Gasteiger partial charge is 0.240 e. The van der Waals surface area contributed by atoms with E-state index in [1.807, 2.05) is 26.0 Å². The number of hydrogen-bond acceptors (Lipinski definition) is 6. The standard InChI is InChI=1S/C25H29NO6S2/c1-4-20-12-13-22(33(27,28)21-9-7-6-8-10-21)18-25(20)34(29,30)26-16-15-19-11-14-23(32-5-2)24(17-19)31-3/h6-14,17-18,26H,4-5,15-16H2,1-3H3. The number of ether oxygens (including phenoxy) is 2. The first-order valence-electron chi connectivity index (χ1n) is 10.9. The maximum Gasteiger partial charge on any atom is 0.240 e. The number of sulfone groups is 1. The minimum absolute atomic E-state index is 0.0312. The van der Waals surface area contributed by atoms with Crippen molar-refractivity contribution in [2.45, 2.75) is 41.4 Å². The van der Waals surface area contributed by atoms with E-state index in [0.717, 1.165) is 5.56 Å². The molecule has 34 heavy (non-hydrogen) atoms. The minimum Gasteiger partial charge on any atom is -0.493 e. The molecule has 0 aromatic heterocycles. The molecule has 0 aliphatic heterocycles. The van der Waals surface area contributed by atoms with E-state index in [9.17, 15) is 16.8 Å². The van der Waals surface area contributed by atoms with Crippen LogP contribution in [-0.4, -0.2) is 37.1 Å². The van der Waals surface area contributed by atoms with Crippen LogP contribution in [-0.2, 0) is 32.7 Å². The van der Waals surface area contributed by atoms with E-state index < -0.39 is 19.9 Å². The zero-order valence-corrected chi connectivity index (χ0v) is 21.1. The molecule has 0 saturated heterocycles. The van der Waals surface area contributed by atoms with E-state index in [2.05, 4.69) is 4.72 Å². The summed E-state index contributed by atoms with van der Waals surface area (Å²) in [5.41, 5.74) is 1.42. The number of hydrogen-bond donors (Lipinski definition) is 1. The molecule has 9 heteroatoms. The van der Waals surface area contributed by atoms with Crippen molar-refractivity contribution in [2.75, 3.05) is 20.3 Å². The molecule has 3 aromatic carbocycles. The fourth-order valence-electron chi connectivity index (χ4n) is 3.53. The molecular weight excluding hydrogens is 474 g/mol. The zero-order chi connectivity index (χ0) is 24.8. The number of aryl methyl sites for hydroxylation is 1. The van der Waals surface area contributed by atoms with Crippen LogP contribution in [0.4, 0.5) is 0 Å². The van der Waals surface area contributed by atoms with Gasteiger partial charge in [-0.1, -0.05) is 37.3 Å². The van der Waals surface area contributed by atoms with Gasteiger partial charge in [-0.05, 0) is 67.3 Å². The monoisotopic (exact) mass is 503 g/mol. The first kappa shape index (κ1) is 25.7. The highest BCUT2D eigenvalue weighted by Crippen LogP contribution is 2.29. The Morgan fingerprint density at radius 1 is 0.824 bits per heavy atom. The van der Waals surface area contributed by atoms with Crippen molar-refractivity contribution in [1.82, 2.24) is 4.72 Å². The van der Waals surface area contributed by atoms with Crippen molar-refractivity contribution in [3.05, 3.63) is 77.9 Å². The van der Waals surface area contributed by atoms with E-state index in [4.69, 9.17) is 9.47 Å². The highest BCUT2D eigenvalue weighted by Gasteiger charge is 2.23. The van der Waals surface area contributed by atoms with Gasteiger partial charge in [0.15, 0.2) is 11.5 Å². The highest BCUT2D eigenvalue weighted by atomic mass is 32.2. The molecular formula is C25H29NO6S2. The Balaban J connectivity index is 1.82. The largest absolute Gasteiger partial charge is 0.493 e. The van der Waals surface area contributed by atoms with E-state index in [0.29, 0.717) is 36.5 Å². The van der Waals surface area contributed by atoms with Gasteiger partial charge in [0, 0.05) is 6.54 Å². The lowest BCUT2D eigenvalue weighted by Crippen LogP contribution is -2.27. The predicted molar refractivity (Wildman–Crippen MR) is 131 cm³/mol. The zero-order valence-electron chi connectivity index (χ0n) is 19.4. The molecule has 1 N–H and O–H groups in total. The second kappa shape index (κ2) is 11.0. The topological polar surface area (TPSA) is 98.8 Å². The summed E-state index contributed by atoms with van der Waals surface area (Å²) >= 11 is 0. The van der Waals surface area contributed by atoms with Crippen molar-refractivity contribution in [2.24, 2.45) is 0 Å². The molecule has 0 radical (unpaired) electrons. The lowest BCUT2D eigenvalue weighted by molar-refractivity contribution is 0.310. The van der Waals surface area contributed by atoms with Gasteiger partial charge in [-0.25, -0.2) is 21.6 Å². The molecule has 0 aliphatic carbocycles. The van der Waals surface area contributed by atoms with Crippen molar-refractivity contribution in [3.63, 3.8) is 0 Å². The average molecular weight is 504 g/mol. The van der Waals surface area contributed by atoms with Crippen LogP contribution >= 0.6 is 0 Å². The Hall–Kier alpha value is -2.88. The molecule has 0 aliphatic rings. The molecule has 3 rings (SSSR count). The van der Waals surface area contributed by atoms with Crippen LogP contribution in [0.1, 0.15) is 25.0 Å². The molecule has 182 valence electrons. The van der Waals surface area contributed by atoms with E-state index in [-0.39, 0.29) is 21.2 Å². The summed E-state index contributed by atoms with van der Waals surface area (Å²) in [5, 5.41) is 0. The Kier molecular flexibility index (Phi) is 8.35. The van der Waals surface area contributed by atoms with Crippen LogP contribution in [0.5, 0.6) is 11.5 Å². The third kappa shape index (κ3) is 5.78. The van der Waals surface area contributed by atoms with Crippen molar-refractivity contribution >= 4 is 19.9 Å². The van der Waals surface area contributed by atoms with Crippen molar-refractivity contribution < 1.29 is 26.3 Å². The maximum atomic E-state index is 13.1. The number of methoxy groups -OCH3 is 1. The van der Waals surface area contributed by atoms with Crippen molar-refractivity contribution in [3.8, 4) is 11.5 Å². The van der Waals surface area contributed by atoms with E-state index in [1.54, 1.807) is 37.4 Å². The van der Waals surface area contributed by atoms with Gasteiger partial charge in [0.05, 0.1) is 28.4 Å². The summed E-state index contributed by atoms with van der Waals surface area (Å²) in [5.74, 6) is 1.20. The Morgan fingerprint density at radius 2 is 1.56 bits per heavy atom. The highest BCUT2D eigenvalue weighted by molar-refractivity contribution is 7.91. The molecule has 0 heterocycles. The Bertz CT molecular complexity index is 1340. The fraction of sp³-hybridized carbons (Fsp3) is 0.280. The van der Waals surface area contributed by atoms with Gasteiger partial charge >= 0.3 is 0 Å². The van der Waals surface area contributed by atoms with E-state index >= 15 is 0 Å². The molecule has 0 unspecified atom stereocenters. The van der Waals surface area contributed by atoms with Crippen LogP contribution in [0.2, 0.25) is 0 Å². The molecule has 0 fully saturated rings. The SMILES string of the molecule is CCOc1ccc(CCNS(=O)(=O)c2cc(S(=O)(=O)c3ccccc3)ccc2CC)cc1OC. The number of benzene rings is 3. The Morgan fingerprint density at radius 3 is 2.21 bits per heavy atom. The summed E-state index contributed by atoms with van der Waals surface area (Å²) in [6.07, 6.45) is 0.865. The fourth-order valence-corrected chi connectivity index (χ4v) is 6.28. The van der Waals surface area contributed by atoms with Gasteiger partial charge in [0.1, 0.15) is 0 Å². The van der Waals surface area contributed by atoms with Gasteiger partial charge in [-0.15, -0.1) is 0 Å². The predicted octanol–water partition coefficient (Wildman–Crippen LogP) is 4.01. The lowest BCUT2D eigenvalue weighted by atomic mass is 10.1. The van der Waals surface area contributed by atoms with Gasteiger partial charge in [-0.2, -0.15) is 0 Å². The molecule has 3 aromatic rings. The van der Waals surface area contributed by atoms with Gasteiger partial charge in [-0.3, -0.25) is 0 Å². The minimum atomic E-state index is -3.94. The molecule has 0 saturated carbocycles. The quantitative estimate of drug-likeness (QED) is 0.425. The molecule has 7 nitrogen and oxygen atoms in total. The number of nitrogens with one attached hydrogen (secondary N) is 1. The molecule has 0 bridgehead atoms. The summed E-state index contributed by atoms with van der Waals surface area (Å²) in [6, 6.07) is 17.7. The van der Waals surface area contributed by atoms with Gasteiger partial charge < -0.3 is 9.47 Å². The normalized spacial score (nSPS) is 11.9. The molecule has 0 spiro atoms. The summed E-state index contributed by atoms with van der Waals surface area (Å²) in [6.45, 7) is 4.35. The maximum absolute atomic E-state index is 13.1. The van der Waals surface area contributed by atoms with Crippen LogP contribution in [0.15, 0.2) is 81.4 Å². The number of sulfonamides is 1. The molecule has 0 amide bonds. The first-order valence-corrected chi connectivity index (χ1v) is 13.9. The van der Waals surface area contributed by atoms with Crippen molar-refractivity contribution in [1.29, 1.82) is 0 Å². The third-order valence-corrected chi connectivity index (χ3v) is 8.62. The van der Waals surface area contributed by atoms with Crippen LogP contribution in [0.25, 0.3) is 0 Å². The van der Waals surface area contributed by atoms with Crippen LogP contribution in [0.3, 0.4) is 0 Å². The summed E-state index contributed by atoms with van der Waals surface area (Å²) in [7, 11) is -6.24. The molecule has 0 atom stereocenters. The summed E-state index contributed by atoms with van der Waals surface area (Å²) < 4.78 is 65.7. The van der Waals surface area contributed by atoms with Gasteiger partial charge in [0.2, 0.25) is 19.9 Å². The second-order valence-electron chi connectivity index (χ2n) is 7.51. The lowest BCUT2D eigenvalue weighted by Gasteiger charge is -2.14. The Labute approximate surface area is 201 Å². The van der Waals surface area contributed by atoms with Crippen LogP contribution in [0, 0.1) is 0 Å². The van der Waals surface area contributed by atoms with Gasteiger partial charge in [0.25, 0.3) is 0 Å². The third-order valence-electron chi connectivity index (χ3n) is 5.31. The van der Waals surface area contributed by atoms with Crippen LogP contribution < -0.4 is 14.2 Å². The second-order valence-corrected chi connectivity index (χ2v) is 11.2. The van der Waals surface area contributed by atoms with E-state index in [1.165, 1.54) is 24.3 Å². The average Bonchev–Trinajstić information content (AvgIpc) is 2.85. The number of rotatable bonds is 11.